The first-order valence-corrected chi connectivity index (χ1v) is 4.43. The molecular weight excluding hydrogens is 188 g/mol. The normalized spacial score (nSPS) is 14.5. The molecule has 1 amide bonds. The standard InChI is InChI=1S/C8H16N2O4/c1-2-5(9)7(12)10-4-3-6(11)8(13)14/h5-6,11H,2-4,9H2,1H3,(H,10,12)(H,13,14). The summed E-state index contributed by atoms with van der Waals surface area (Å²) in [4.78, 5) is 21.2. The van der Waals surface area contributed by atoms with Crippen LogP contribution in [0.25, 0.3) is 0 Å². The number of carbonyl (C=O) groups excluding carboxylic acids is 1. The van der Waals surface area contributed by atoms with Crippen molar-refractivity contribution in [3.63, 3.8) is 0 Å². The summed E-state index contributed by atoms with van der Waals surface area (Å²) in [6.07, 6.45) is -0.932. The van der Waals surface area contributed by atoms with Gasteiger partial charge < -0.3 is 21.3 Å². The number of aliphatic hydroxyl groups excluding tert-OH is 1. The van der Waals surface area contributed by atoms with Crippen LogP contribution in [0.1, 0.15) is 19.8 Å². The van der Waals surface area contributed by atoms with Crippen molar-refractivity contribution in [1.29, 1.82) is 0 Å². The molecule has 6 nitrogen and oxygen atoms in total. The third kappa shape index (κ3) is 4.78. The van der Waals surface area contributed by atoms with Crippen LogP contribution in [0.4, 0.5) is 0 Å². The molecule has 0 rings (SSSR count). The van der Waals surface area contributed by atoms with Crippen LogP contribution in [0.15, 0.2) is 0 Å². The Bertz CT molecular complexity index is 208. The molecular formula is C8H16N2O4. The number of carboxylic acids is 1. The fourth-order valence-electron chi connectivity index (χ4n) is 0.772. The molecule has 5 N–H and O–H groups in total. The van der Waals surface area contributed by atoms with Crippen molar-refractivity contribution in [1.82, 2.24) is 5.32 Å². The molecule has 0 aromatic heterocycles. The molecule has 0 aromatic rings. The number of nitrogens with two attached hydrogens (primary N) is 1. The molecule has 2 unspecified atom stereocenters. The van der Waals surface area contributed by atoms with E-state index in [-0.39, 0.29) is 18.9 Å². The van der Waals surface area contributed by atoms with Crippen molar-refractivity contribution in [2.75, 3.05) is 6.54 Å². The van der Waals surface area contributed by atoms with Crippen molar-refractivity contribution < 1.29 is 19.8 Å². The van der Waals surface area contributed by atoms with E-state index in [2.05, 4.69) is 5.32 Å². The van der Waals surface area contributed by atoms with E-state index in [1.165, 1.54) is 0 Å². The lowest BCUT2D eigenvalue weighted by atomic mass is 10.2. The van der Waals surface area contributed by atoms with E-state index in [1.807, 2.05) is 0 Å². The van der Waals surface area contributed by atoms with E-state index >= 15 is 0 Å². The minimum atomic E-state index is -1.44. The van der Waals surface area contributed by atoms with Gasteiger partial charge in [-0.15, -0.1) is 0 Å². The molecule has 0 aliphatic rings. The van der Waals surface area contributed by atoms with E-state index in [0.717, 1.165) is 0 Å². The van der Waals surface area contributed by atoms with Crippen molar-refractivity contribution in [3.05, 3.63) is 0 Å². The van der Waals surface area contributed by atoms with Gasteiger partial charge >= 0.3 is 5.97 Å². The van der Waals surface area contributed by atoms with Crippen LogP contribution in [-0.4, -0.2) is 40.8 Å². The molecule has 0 aliphatic heterocycles. The molecule has 0 fully saturated rings. The molecule has 0 spiro atoms. The first-order chi connectivity index (χ1) is 6.49. The molecule has 2 atom stereocenters. The minimum absolute atomic E-state index is 0.0164. The second-order valence-corrected chi connectivity index (χ2v) is 2.95. The quantitative estimate of drug-likeness (QED) is 0.428. The van der Waals surface area contributed by atoms with Gasteiger partial charge in [0, 0.05) is 13.0 Å². The topological polar surface area (TPSA) is 113 Å². The number of hydrogen-bond acceptors (Lipinski definition) is 4. The highest BCUT2D eigenvalue weighted by Gasteiger charge is 2.14. The molecule has 0 heterocycles. The monoisotopic (exact) mass is 204 g/mol. The maximum absolute atomic E-state index is 11.1. The number of amides is 1. The molecule has 0 saturated carbocycles. The number of hydrogen-bond donors (Lipinski definition) is 4. The number of carbonyl (C=O) groups is 2. The van der Waals surface area contributed by atoms with E-state index in [1.54, 1.807) is 6.92 Å². The Morgan fingerprint density at radius 3 is 2.50 bits per heavy atom. The summed E-state index contributed by atoms with van der Waals surface area (Å²) in [5, 5.41) is 19.6. The minimum Gasteiger partial charge on any atom is -0.479 e. The lowest BCUT2D eigenvalue weighted by Gasteiger charge is -2.10. The summed E-state index contributed by atoms with van der Waals surface area (Å²) in [5.41, 5.74) is 5.40. The van der Waals surface area contributed by atoms with Crippen LogP contribution < -0.4 is 11.1 Å². The Morgan fingerprint density at radius 1 is 1.50 bits per heavy atom. The molecule has 0 radical (unpaired) electrons. The highest BCUT2D eigenvalue weighted by molar-refractivity contribution is 5.81. The van der Waals surface area contributed by atoms with Crippen LogP contribution in [0.3, 0.4) is 0 Å². The van der Waals surface area contributed by atoms with Gasteiger partial charge in [-0.25, -0.2) is 4.79 Å². The molecule has 0 saturated heterocycles. The van der Waals surface area contributed by atoms with E-state index in [0.29, 0.717) is 6.42 Å². The predicted molar refractivity (Wildman–Crippen MR) is 49.5 cm³/mol. The summed E-state index contributed by atoms with van der Waals surface area (Å²) >= 11 is 0. The Balaban J connectivity index is 3.64. The second kappa shape index (κ2) is 6.33. The highest BCUT2D eigenvalue weighted by atomic mass is 16.4. The van der Waals surface area contributed by atoms with Gasteiger partial charge in [-0.2, -0.15) is 0 Å². The van der Waals surface area contributed by atoms with Gasteiger partial charge in [-0.3, -0.25) is 4.79 Å². The summed E-state index contributed by atoms with van der Waals surface area (Å²) in [5.74, 6) is -1.62. The van der Waals surface area contributed by atoms with Crippen LogP contribution in [0, 0.1) is 0 Å². The van der Waals surface area contributed by atoms with E-state index in [4.69, 9.17) is 15.9 Å². The van der Waals surface area contributed by atoms with Crippen molar-refractivity contribution in [2.45, 2.75) is 31.9 Å². The van der Waals surface area contributed by atoms with Crippen LogP contribution in [0.2, 0.25) is 0 Å². The third-order valence-electron chi connectivity index (χ3n) is 1.78. The maximum atomic E-state index is 11.1. The zero-order valence-electron chi connectivity index (χ0n) is 8.06. The predicted octanol–water partition coefficient (Wildman–Crippen LogP) is -1.32. The lowest BCUT2D eigenvalue weighted by molar-refractivity contribution is -0.147. The largest absolute Gasteiger partial charge is 0.479 e. The van der Waals surface area contributed by atoms with Gasteiger partial charge in [0.1, 0.15) is 0 Å². The number of aliphatic hydroxyl groups is 1. The number of carboxylic acid groups (broad SMARTS) is 1. The van der Waals surface area contributed by atoms with Crippen LogP contribution in [-0.2, 0) is 9.59 Å². The summed E-state index contributed by atoms with van der Waals surface area (Å²) < 4.78 is 0. The smallest absolute Gasteiger partial charge is 0.332 e. The van der Waals surface area contributed by atoms with Crippen molar-refractivity contribution in [3.8, 4) is 0 Å². The maximum Gasteiger partial charge on any atom is 0.332 e. The molecule has 6 heteroatoms. The zero-order chi connectivity index (χ0) is 11.1. The number of rotatable bonds is 6. The van der Waals surface area contributed by atoms with Crippen LogP contribution >= 0.6 is 0 Å². The van der Waals surface area contributed by atoms with Gasteiger partial charge in [-0.1, -0.05) is 6.92 Å². The van der Waals surface area contributed by atoms with E-state index in [9.17, 15) is 9.59 Å². The van der Waals surface area contributed by atoms with Crippen molar-refractivity contribution in [2.24, 2.45) is 5.73 Å². The SMILES string of the molecule is CCC(N)C(=O)NCCC(O)C(=O)O. The Labute approximate surface area is 82.1 Å². The molecule has 0 aromatic carbocycles. The average Bonchev–Trinajstić information content (AvgIpc) is 2.15. The molecule has 14 heavy (non-hydrogen) atoms. The molecule has 82 valence electrons. The number of nitrogens with one attached hydrogen (secondary N) is 1. The summed E-state index contributed by atoms with van der Waals surface area (Å²) in [6.45, 7) is 1.89. The highest BCUT2D eigenvalue weighted by Crippen LogP contribution is 1.91. The summed E-state index contributed by atoms with van der Waals surface area (Å²) in [7, 11) is 0. The van der Waals surface area contributed by atoms with Crippen LogP contribution in [0.5, 0.6) is 0 Å². The first kappa shape index (κ1) is 12.9. The van der Waals surface area contributed by atoms with Gasteiger partial charge in [0.2, 0.25) is 5.91 Å². The first-order valence-electron chi connectivity index (χ1n) is 4.43. The Hall–Kier alpha value is -1.14. The zero-order valence-corrected chi connectivity index (χ0v) is 8.06. The summed E-state index contributed by atoms with van der Waals surface area (Å²) in [6, 6.07) is -0.572. The lowest BCUT2D eigenvalue weighted by Crippen LogP contribution is -2.41. The Morgan fingerprint density at radius 2 is 2.07 bits per heavy atom. The van der Waals surface area contributed by atoms with Gasteiger partial charge in [0.25, 0.3) is 0 Å². The van der Waals surface area contributed by atoms with E-state index < -0.39 is 18.1 Å². The van der Waals surface area contributed by atoms with Crippen molar-refractivity contribution >= 4 is 11.9 Å². The fraction of sp³-hybridized carbons (Fsp3) is 0.750. The molecule has 0 bridgehead atoms. The average molecular weight is 204 g/mol. The van der Waals surface area contributed by atoms with Gasteiger partial charge in [0.15, 0.2) is 6.10 Å². The van der Waals surface area contributed by atoms with Gasteiger partial charge in [0.05, 0.1) is 6.04 Å². The fourth-order valence-corrected chi connectivity index (χ4v) is 0.772. The third-order valence-corrected chi connectivity index (χ3v) is 1.78. The molecule has 0 aliphatic carbocycles. The second-order valence-electron chi connectivity index (χ2n) is 2.95. The Kier molecular flexibility index (Phi) is 5.82. The number of aliphatic carboxylic acids is 1. The van der Waals surface area contributed by atoms with Gasteiger partial charge in [-0.05, 0) is 6.42 Å².